The number of benzene rings is 2. The Balaban J connectivity index is 2.08. The van der Waals surface area contributed by atoms with Gasteiger partial charge >= 0.3 is 5.97 Å². The van der Waals surface area contributed by atoms with Crippen LogP contribution in [0.25, 0.3) is 21.7 Å². The average molecular weight is 325 g/mol. The zero-order chi connectivity index (χ0) is 16.4. The van der Waals surface area contributed by atoms with Crippen LogP contribution in [0.5, 0.6) is 0 Å². The van der Waals surface area contributed by atoms with Gasteiger partial charge in [-0.15, -0.1) is 11.3 Å². The molecular formula is C17H11NO4S. The molecule has 0 unspecified atom stereocenters. The van der Waals surface area contributed by atoms with E-state index in [4.69, 9.17) is 0 Å². The van der Waals surface area contributed by atoms with Crippen molar-refractivity contribution >= 4 is 44.7 Å². The van der Waals surface area contributed by atoms with Crippen LogP contribution in [0.2, 0.25) is 0 Å². The minimum Gasteiger partial charge on any atom is -0.478 e. The lowest BCUT2D eigenvalue weighted by atomic mass is 10.0. The van der Waals surface area contributed by atoms with Gasteiger partial charge in [-0.25, -0.2) is 4.79 Å². The summed E-state index contributed by atoms with van der Waals surface area (Å²) in [6, 6.07) is 13.4. The first-order chi connectivity index (χ1) is 11.1. The molecule has 3 rings (SSSR count). The zero-order valence-electron chi connectivity index (χ0n) is 11.8. The molecule has 1 heterocycles. The molecule has 23 heavy (non-hydrogen) atoms. The molecule has 5 nitrogen and oxygen atoms in total. The van der Waals surface area contributed by atoms with Crippen LogP contribution in [0.4, 0.5) is 5.69 Å². The van der Waals surface area contributed by atoms with E-state index in [0.29, 0.717) is 11.1 Å². The van der Waals surface area contributed by atoms with Crippen molar-refractivity contribution in [1.29, 1.82) is 0 Å². The fraction of sp³-hybridized carbons (Fsp3) is 0. The normalized spacial score (nSPS) is 11.6. The number of carbonyl (C=O) groups is 1. The molecular weight excluding hydrogens is 314 g/mol. The highest BCUT2D eigenvalue weighted by atomic mass is 32.1. The van der Waals surface area contributed by atoms with Gasteiger partial charge < -0.3 is 5.11 Å². The topological polar surface area (TPSA) is 80.4 Å². The van der Waals surface area contributed by atoms with Crippen LogP contribution in [0.1, 0.15) is 11.1 Å². The SMILES string of the molecule is O=C(O)/C(=C/c1ccc([N+](=O)[O-])cc1)c1csc2ccccc12. The summed E-state index contributed by atoms with van der Waals surface area (Å²) in [6.45, 7) is 0. The first-order valence-corrected chi connectivity index (χ1v) is 7.60. The number of rotatable bonds is 4. The van der Waals surface area contributed by atoms with E-state index in [1.165, 1.54) is 41.7 Å². The summed E-state index contributed by atoms with van der Waals surface area (Å²) in [5.74, 6) is -1.04. The summed E-state index contributed by atoms with van der Waals surface area (Å²) in [4.78, 5) is 21.8. The molecule has 0 amide bonds. The van der Waals surface area contributed by atoms with Gasteiger partial charge in [0.25, 0.3) is 5.69 Å². The summed E-state index contributed by atoms with van der Waals surface area (Å²) in [5, 5.41) is 22.9. The smallest absolute Gasteiger partial charge is 0.336 e. The van der Waals surface area contributed by atoms with Gasteiger partial charge in [-0.3, -0.25) is 10.1 Å². The lowest BCUT2D eigenvalue weighted by Crippen LogP contribution is -1.99. The Morgan fingerprint density at radius 2 is 1.83 bits per heavy atom. The standard InChI is InChI=1S/C17H11NO4S/c19-17(20)14(9-11-5-7-12(8-6-11)18(21)22)15-10-23-16-4-2-1-3-13(15)16/h1-10H,(H,19,20)/b14-9+. The fourth-order valence-corrected chi connectivity index (χ4v) is 3.26. The minimum absolute atomic E-state index is 0.0278. The second-order valence-electron chi connectivity index (χ2n) is 4.86. The summed E-state index contributed by atoms with van der Waals surface area (Å²) in [6.07, 6.45) is 1.53. The summed E-state index contributed by atoms with van der Waals surface area (Å²) in [7, 11) is 0. The largest absolute Gasteiger partial charge is 0.478 e. The molecule has 114 valence electrons. The van der Waals surface area contributed by atoms with E-state index >= 15 is 0 Å². The molecule has 0 spiro atoms. The fourth-order valence-electron chi connectivity index (χ4n) is 2.30. The number of carboxylic acid groups (broad SMARTS) is 1. The molecule has 3 aromatic rings. The summed E-state index contributed by atoms with van der Waals surface area (Å²) >= 11 is 1.48. The van der Waals surface area contributed by atoms with Crippen LogP contribution < -0.4 is 0 Å². The predicted octanol–water partition coefficient (Wildman–Crippen LogP) is 4.43. The Morgan fingerprint density at radius 3 is 2.48 bits per heavy atom. The van der Waals surface area contributed by atoms with Crippen LogP contribution >= 0.6 is 11.3 Å². The van der Waals surface area contributed by atoms with Crippen molar-refractivity contribution in [2.75, 3.05) is 0 Å². The van der Waals surface area contributed by atoms with Gasteiger partial charge in [-0.05, 0) is 29.8 Å². The van der Waals surface area contributed by atoms with Crippen LogP contribution in [-0.4, -0.2) is 16.0 Å². The highest BCUT2D eigenvalue weighted by molar-refractivity contribution is 7.17. The monoisotopic (exact) mass is 325 g/mol. The van der Waals surface area contributed by atoms with Crippen molar-refractivity contribution in [3.8, 4) is 0 Å². The Morgan fingerprint density at radius 1 is 1.13 bits per heavy atom. The van der Waals surface area contributed by atoms with Gasteiger partial charge in [0.1, 0.15) is 0 Å². The number of aliphatic carboxylic acids is 1. The minimum atomic E-state index is -1.04. The van der Waals surface area contributed by atoms with Gasteiger partial charge in [0, 0.05) is 33.2 Å². The lowest BCUT2D eigenvalue weighted by molar-refractivity contribution is -0.384. The number of thiophene rings is 1. The Labute approximate surface area is 135 Å². The Bertz CT molecular complexity index is 925. The van der Waals surface area contributed by atoms with E-state index in [0.717, 1.165) is 10.1 Å². The maximum atomic E-state index is 11.6. The molecule has 1 aromatic heterocycles. The van der Waals surface area contributed by atoms with Crippen molar-refractivity contribution in [2.45, 2.75) is 0 Å². The van der Waals surface area contributed by atoms with E-state index in [2.05, 4.69) is 0 Å². The number of non-ortho nitro benzene ring substituents is 1. The third-order valence-electron chi connectivity index (χ3n) is 3.42. The lowest BCUT2D eigenvalue weighted by Gasteiger charge is -2.02. The van der Waals surface area contributed by atoms with Gasteiger partial charge in [-0.2, -0.15) is 0 Å². The van der Waals surface area contributed by atoms with E-state index < -0.39 is 10.9 Å². The van der Waals surface area contributed by atoms with E-state index in [9.17, 15) is 20.0 Å². The maximum absolute atomic E-state index is 11.6. The first kappa shape index (κ1) is 14.9. The van der Waals surface area contributed by atoms with Crippen LogP contribution in [0.15, 0.2) is 53.9 Å². The second kappa shape index (κ2) is 6.02. The van der Waals surface area contributed by atoms with Crippen molar-refractivity contribution < 1.29 is 14.8 Å². The Hall–Kier alpha value is -2.99. The van der Waals surface area contributed by atoms with Gasteiger partial charge in [-0.1, -0.05) is 18.2 Å². The van der Waals surface area contributed by atoms with Crippen LogP contribution in [0, 0.1) is 10.1 Å². The average Bonchev–Trinajstić information content (AvgIpc) is 2.96. The molecule has 0 aliphatic heterocycles. The molecule has 2 aromatic carbocycles. The summed E-state index contributed by atoms with van der Waals surface area (Å²) < 4.78 is 1.01. The predicted molar refractivity (Wildman–Crippen MR) is 90.4 cm³/mol. The Kier molecular flexibility index (Phi) is 3.91. The number of nitro benzene ring substituents is 1. The molecule has 0 bridgehead atoms. The van der Waals surface area contributed by atoms with Crippen molar-refractivity contribution in [3.63, 3.8) is 0 Å². The third kappa shape index (κ3) is 2.97. The summed E-state index contributed by atoms with van der Waals surface area (Å²) in [5.41, 5.74) is 1.39. The van der Waals surface area contributed by atoms with Crippen LogP contribution in [-0.2, 0) is 4.79 Å². The highest BCUT2D eigenvalue weighted by Crippen LogP contribution is 2.32. The molecule has 0 radical (unpaired) electrons. The number of carboxylic acids is 1. The first-order valence-electron chi connectivity index (χ1n) is 6.72. The second-order valence-corrected chi connectivity index (χ2v) is 5.77. The quantitative estimate of drug-likeness (QED) is 0.437. The molecule has 0 atom stereocenters. The van der Waals surface area contributed by atoms with Crippen molar-refractivity contribution in [2.24, 2.45) is 0 Å². The zero-order valence-corrected chi connectivity index (χ0v) is 12.6. The molecule has 0 saturated heterocycles. The van der Waals surface area contributed by atoms with Gasteiger partial charge in [0.2, 0.25) is 0 Å². The van der Waals surface area contributed by atoms with Crippen molar-refractivity contribution in [3.05, 3.63) is 75.2 Å². The van der Waals surface area contributed by atoms with Gasteiger partial charge in [0.15, 0.2) is 0 Å². The molecule has 6 heteroatoms. The van der Waals surface area contributed by atoms with E-state index in [1.54, 1.807) is 0 Å². The van der Waals surface area contributed by atoms with E-state index in [-0.39, 0.29) is 11.3 Å². The molecule has 0 aliphatic carbocycles. The molecule has 0 saturated carbocycles. The maximum Gasteiger partial charge on any atom is 0.336 e. The number of fused-ring (bicyclic) bond motifs is 1. The number of nitro groups is 1. The third-order valence-corrected chi connectivity index (χ3v) is 4.38. The molecule has 0 fully saturated rings. The molecule has 1 N–H and O–H groups in total. The number of nitrogens with zero attached hydrogens (tertiary/aromatic N) is 1. The number of hydrogen-bond acceptors (Lipinski definition) is 4. The number of hydrogen-bond donors (Lipinski definition) is 1. The van der Waals surface area contributed by atoms with E-state index in [1.807, 2.05) is 29.6 Å². The highest BCUT2D eigenvalue weighted by Gasteiger charge is 2.15. The van der Waals surface area contributed by atoms with Gasteiger partial charge in [0.05, 0.1) is 10.5 Å². The van der Waals surface area contributed by atoms with Crippen molar-refractivity contribution in [1.82, 2.24) is 0 Å². The molecule has 0 aliphatic rings. The van der Waals surface area contributed by atoms with Crippen LogP contribution in [0.3, 0.4) is 0 Å².